The molecule has 22 heavy (non-hydrogen) atoms. The predicted molar refractivity (Wildman–Crippen MR) is 91.4 cm³/mol. The van der Waals surface area contributed by atoms with E-state index in [0.29, 0.717) is 24.7 Å². The lowest BCUT2D eigenvalue weighted by atomic mass is 9.84. The van der Waals surface area contributed by atoms with E-state index in [1.165, 1.54) is 31.9 Å². The lowest BCUT2D eigenvalue weighted by Gasteiger charge is -2.38. The van der Waals surface area contributed by atoms with Crippen LogP contribution in [0.25, 0.3) is 0 Å². The molecule has 0 aromatic heterocycles. The maximum Gasteiger partial charge on any atom is 0.208 e. The summed E-state index contributed by atoms with van der Waals surface area (Å²) in [6, 6.07) is 1.78. The zero-order valence-corrected chi connectivity index (χ0v) is 15.3. The maximum atomic E-state index is 11.3. The smallest absolute Gasteiger partial charge is 0.208 e. The van der Waals surface area contributed by atoms with E-state index >= 15 is 0 Å². The van der Waals surface area contributed by atoms with Crippen LogP contribution in [0, 0.1) is 11.8 Å². The van der Waals surface area contributed by atoms with Gasteiger partial charge in [-0.1, -0.05) is 13.3 Å². The Kier molecular flexibility index (Phi) is 6.28. The first kappa shape index (κ1) is 18.2. The second-order valence-electron chi connectivity index (χ2n) is 7.26. The van der Waals surface area contributed by atoms with Crippen molar-refractivity contribution in [1.82, 2.24) is 14.9 Å². The van der Waals surface area contributed by atoms with E-state index in [9.17, 15) is 8.42 Å². The Bertz CT molecular complexity index is 454. The lowest BCUT2D eigenvalue weighted by molar-refractivity contribution is 0.123. The van der Waals surface area contributed by atoms with Gasteiger partial charge in [-0.25, -0.2) is 13.1 Å². The van der Waals surface area contributed by atoms with Gasteiger partial charge in [0, 0.05) is 31.2 Å². The maximum absolute atomic E-state index is 11.3. The predicted octanol–water partition coefficient (Wildman–Crippen LogP) is 1.41. The number of likely N-dealkylation sites (tertiary alicyclic amines) is 1. The number of sulfonamides is 1. The van der Waals surface area contributed by atoms with Crippen LogP contribution in [0.2, 0.25) is 0 Å². The highest BCUT2D eigenvalue weighted by molar-refractivity contribution is 7.88. The van der Waals surface area contributed by atoms with Crippen LogP contribution in [0.5, 0.6) is 0 Å². The third-order valence-electron chi connectivity index (χ3n) is 5.64. The largest absolute Gasteiger partial charge is 0.314 e. The lowest BCUT2D eigenvalue weighted by Crippen LogP contribution is -2.48. The van der Waals surface area contributed by atoms with E-state index in [1.807, 2.05) is 0 Å². The molecular formula is C16H33N3O2S. The average molecular weight is 332 g/mol. The van der Waals surface area contributed by atoms with Gasteiger partial charge in [0.15, 0.2) is 0 Å². The molecular weight excluding hydrogens is 298 g/mol. The van der Waals surface area contributed by atoms with Gasteiger partial charge in [0.2, 0.25) is 10.0 Å². The zero-order valence-electron chi connectivity index (χ0n) is 14.5. The summed E-state index contributed by atoms with van der Waals surface area (Å²) in [6.45, 7) is 9.34. The molecule has 2 N–H and O–H groups in total. The summed E-state index contributed by atoms with van der Waals surface area (Å²) < 4.78 is 25.2. The molecule has 2 rings (SSSR count). The van der Waals surface area contributed by atoms with Crippen molar-refractivity contribution in [2.75, 3.05) is 25.9 Å². The molecule has 5 nitrogen and oxygen atoms in total. The molecule has 130 valence electrons. The van der Waals surface area contributed by atoms with E-state index in [0.717, 1.165) is 24.9 Å². The topological polar surface area (TPSA) is 61.4 Å². The average Bonchev–Trinajstić information content (AvgIpc) is 2.74. The normalized spacial score (nSPS) is 37.5. The first-order valence-electron chi connectivity index (χ1n) is 8.75. The summed E-state index contributed by atoms with van der Waals surface area (Å²) in [5.74, 6) is 1.49. The minimum Gasteiger partial charge on any atom is -0.314 e. The minimum absolute atomic E-state index is 0.524. The molecule has 4 unspecified atom stereocenters. The van der Waals surface area contributed by atoms with Crippen molar-refractivity contribution in [2.24, 2.45) is 11.8 Å². The summed E-state index contributed by atoms with van der Waals surface area (Å²) in [5.41, 5.74) is 0. The molecule has 5 atom stereocenters. The van der Waals surface area contributed by atoms with Gasteiger partial charge in [-0.2, -0.15) is 0 Å². The van der Waals surface area contributed by atoms with Crippen LogP contribution < -0.4 is 10.0 Å². The van der Waals surface area contributed by atoms with E-state index in [-0.39, 0.29) is 0 Å². The highest BCUT2D eigenvalue weighted by Crippen LogP contribution is 2.38. The fourth-order valence-corrected chi connectivity index (χ4v) is 4.90. The minimum atomic E-state index is -3.09. The molecule has 0 amide bonds. The Morgan fingerprint density at radius 1 is 1.27 bits per heavy atom. The van der Waals surface area contributed by atoms with Gasteiger partial charge in [0.05, 0.1) is 6.26 Å². The van der Waals surface area contributed by atoms with Crippen molar-refractivity contribution in [1.29, 1.82) is 0 Å². The van der Waals surface area contributed by atoms with E-state index in [1.54, 1.807) is 0 Å². The summed E-state index contributed by atoms with van der Waals surface area (Å²) in [6.07, 6.45) is 6.21. The molecule has 2 saturated heterocycles. The van der Waals surface area contributed by atoms with Crippen LogP contribution in [0.3, 0.4) is 0 Å². The Morgan fingerprint density at radius 2 is 2.00 bits per heavy atom. The Hall–Kier alpha value is -0.170. The van der Waals surface area contributed by atoms with Crippen LogP contribution in [-0.4, -0.2) is 57.3 Å². The number of nitrogens with one attached hydrogen (secondary N) is 2. The molecule has 0 radical (unpaired) electrons. The van der Waals surface area contributed by atoms with Crippen LogP contribution in [0.4, 0.5) is 0 Å². The van der Waals surface area contributed by atoms with Crippen molar-refractivity contribution >= 4 is 10.0 Å². The molecule has 0 aromatic rings. The molecule has 0 saturated carbocycles. The SMILES string of the molecule is CCC1CC(C2CCN[C@@H](C)C2)N(CCNS(C)(=O)=O)C1C. The third-order valence-corrected chi connectivity index (χ3v) is 6.37. The quantitative estimate of drug-likeness (QED) is 0.773. The number of nitrogens with zero attached hydrogens (tertiary/aromatic N) is 1. The van der Waals surface area contributed by atoms with E-state index < -0.39 is 10.0 Å². The van der Waals surface area contributed by atoms with Crippen molar-refractivity contribution < 1.29 is 8.42 Å². The molecule has 2 heterocycles. The molecule has 2 aliphatic heterocycles. The van der Waals surface area contributed by atoms with Gasteiger partial charge >= 0.3 is 0 Å². The Morgan fingerprint density at radius 3 is 2.59 bits per heavy atom. The molecule has 6 heteroatoms. The van der Waals surface area contributed by atoms with Crippen LogP contribution in [0.1, 0.15) is 46.5 Å². The zero-order chi connectivity index (χ0) is 16.3. The summed E-state index contributed by atoms with van der Waals surface area (Å²) in [4.78, 5) is 2.58. The molecule has 0 bridgehead atoms. The van der Waals surface area contributed by atoms with E-state index in [2.05, 4.69) is 35.7 Å². The Balaban J connectivity index is 2.01. The number of hydrogen-bond donors (Lipinski definition) is 2. The van der Waals surface area contributed by atoms with Crippen molar-refractivity contribution in [2.45, 2.75) is 64.6 Å². The summed E-state index contributed by atoms with van der Waals surface area (Å²) in [7, 11) is -3.09. The number of rotatable bonds is 6. The first-order valence-corrected chi connectivity index (χ1v) is 10.6. The highest BCUT2D eigenvalue weighted by atomic mass is 32.2. The fourth-order valence-electron chi connectivity index (χ4n) is 4.44. The molecule has 2 fully saturated rings. The second kappa shape index (κ2) is 7.60. The first-order chi connectivity index (χ1) is 10.3. The highest BCUT2D eigenvalue weighted by Gasteiger charge is 2.41. The molecule has 0 spiro atoms. The van der Waals surface area contributed by atoms with Crippen molar-refractivity contribution in [3.63, 3.8) is 0 Å². The van der Waals surface area contributed by atoms with Crippen LogP contribution in [0.15, 0.2) is 0 Å². The van der Waals surface area contributed by atoms with Gasteiger partial charge in [-0.3, -0.25) is 4.90 Å². The summed E-state index contributed by atoms with van der Waals surface area (Å²) in [5, 5.41) is 3.54. The van der Waals surface area contributed by atoms with Crippen LogP contribution >= 0.6 is 0 Å². The van der Waals surface area contributed by atoms with Gasteiger partial charge in [0.1, 0.15) is 0 Å². The molecule has 0 aliphatic carbocycles. The fraction of sp³-hybridized carbons (Fsp3) is 1.00. The third kappa shape index (κ3) is 4.66. The summed E-state index contributed by atoms with van der Waals surface area (Å²) >= 11 is 0. The van der Waals surface area contributed by atoms with Gasteiger partial charge in [-0.05, 0) is 51.5 Å². The van der Waals surface area contributed by atoms with E-state index in [4.69, 9.17) is 0 Å². The monoisotopic (exact) mass is 331 g/mol. The molecule has 0 aromatic carbocycles. The second-order valence-corrected chi connectivity index (χ2v) is 9.09. The van der Waals surface area contributed by atoms with Crippen molar-refractivity contribution in [3.8, 4) is 0 Å². The van der Waals surface area contributed by atoms with Crippen molar-refractivity contribution in [3.05, 3.63) is 0 Å². The van der Waals surface area contributed by atoms with Gasteiger partial charge in [-0.15, -0.1) is 0 Å². The van der Waals surface area contributed by atoms with Gasteiger partial charge < -0.3 is 5.32 Å². The number of hydrogen-bond acceptors (Lipinski definition) is 4. The Labute approximate surface area is 136 Å². The molecule has 2 aliphatic rings. The standard InChI is InChI=1S/C16H33N3O2S/c1-5-14-11-16(15-6-7-17-12(2)10-15)19(13(14)3)9-8-18-22(4,20)21/h12-18H,5-11H2,1-4H3/t12-,13?,14?,15?,16?/m0/s1. The number of piperidine rings is 1. The van der Waals surface area contributed by atoms with Gasteiger partial charge in [0.25, 0.3) is 0 Å². The van der Waals surface area contributed by atoms with Crippen LogP contribution in [-0.2, 0) is 10.0 Å².